The zero-order valence-electron chi connectivity index (χ0n) is 16.3. The van der Waals surface area contributed by atoms with Gasteiger partial charge in [-0.1, -0.05) is 13.8 Å². The summed E-state index contributed by atoms with van der Waals surface area (Å²) in [5.41, 5.74) is 0. The molecule has 2 saturated heterocycles. The molecule has 4 nitrogen and oxygen atoms in total. The second kappa shape index (κ2) is 8.27. The molecule has 1 saturated carbocycles. The molecule has 0 aromatic carbocycles. The third kappa shape index (κ3) is 4.33. The van der Waals surface area contributed by atoms with Gasteiger partial charge in [0.05, 0.1) is 19.3 Å². The van der Waals surface area contributed by atoms with E-state index >= 15 is 0 Å². The lowest BCUT2D eigenvalue weighted by Crippen LogP contribution is -2.53. The van der Waals surface area contributed by atoms with Gasteiger partial charge in [-0.25, -0.2) is 0 Å². The van der Waals surface area contributed by atoms with Gasteiger partial charge in [0, 0.05) is 48.5 Å². The Labute approximate surface area is 162 Å². The summed E-state index contributed by atoms with van der Waals surface area (Å²) in [7, 11) is 0. The second-order valence-electron chi connectivity index (χ2n) is 8.93. The van der Waals surface area contributed by atoms with Gasteiger partial charge < -0.3 is 9.84 Å². The minimum atomic E-state index is -0.159. The van der Waals surface area contributed by atoms with Gasteiger partial charge in [-0.3, -0.25) is 9.80 Å². The molecular formula is C21H34N2O2S. The molecule has 3 aliphatic rings. The lowest BCUT2D eigenvalue weighted by atomic mass is 9.77. The molecule has 4 rings (SSSR count). The minimum Gasteiger partial charge on any atom is -0.391 e. The first-order chi connectivity index (χ1) is 12.6. The van der Waals surface area contributed by atoms with Crippen LogP contribution in [0.15, 0.2) is 12.1 Å². The Morgan fingerprint density at radius 2 is 1.81 bits per heavy atom. The number of hydrogen-bond acceptors (Lipinski definition) is 5. The fraction of sp³-hybridized carbons (Fsp3) is 0.810. The highest BCUT2D eigenvalue weighted by molar-refractivity contribution is 7.11. The van der Waals surface area contributed by atoms with Crippen molar-refractivity contribution >= 4 is 11.3 Å². The van der Waals surface area contributed by atoms with E-state index in [1.54, 1.807) is 0 Å². The second-order valence-corrected chi connectivity index (χ2v) is 10.2. The molecule has 1 N–H and O–H groups in total. The fourth-order valence-corrected chi connectivity index (χ4v) is 6.45. The highest BCUT2D eigenvalue weighted by atomic mass is 32.1. The van der Waals surface area contributed by atoms with Crippen LogP contribution in [0.1, 0.15) is 36.4 Å². The van der Waals surface area contributed by atoms with Crippen LogP contribution >= 0.6 is 11.3 Å². The van der Waals surface area contributed by atoms with Crippen molar-refractivity contribution in [3.05, 3.63) is 21.9 Å². The fourth-order valence-electron chi connectivity index (χ4n) is 5.17. The quantitative estimate of drug-likeness (QED) is 0.855. The first kappa shape index (κ1) is 18.9. The van der Waals surface area contributed by atoms with E-state index in [2.05, 4.69) is 35.8 Å². The van der Waals surface area contributed by atoms with Crippen LogP contribution in [-0.4, -0.2) is 66.4 Å². The first-order valence-corrected chi connectivity index (χ1v) is 11.2. The lowest BCUT2D eigenvalue weighted by Gasteiger charge is -2.43. The SMILES string of the molecule is CC(C)Cc1ccc(CN2C[C@H]3C[C@@H](N4CCOCC4)[C@H](O)C[C@H]3C2)s1. The summed E-state index contributed by atoms with van der Waals surface area (Å²) in [6.07, 6.45) is 3.18. The monoisotopic (exact) mass is 378 g/mol. The number of ether oxygens (including phenoxy) is 1. The smallest absolute Gasteiger partial charge is 0.0698 e. The Morgan fingerprint density at radius 3 is 2.54 bits per heavy atom. The van der Waals surface area contributed by atoms with E-state index in [1.165, 1.54) is 22.7 Å². The highest BCUT2D eigenvalue weighted by Crippen LogP contribution is 2.39. The van der Waals surface area contributed by atoms with E-state index in [1.807, 2.05) is 11.3 Å². The molecule has 26 heavy (non-hydrogen) atoms. The van der Waals surface area contributed by atoms with Crippen molar-refractivity contribution in [3.63, 3.8) is 0 Å². The van der Waals surface area contributed by atoms with Crippen molar-refractivity contribution in [1.82, 2.24) is 9.80 Å². The molecular weight excluding hydrogens is 344 g/mol. The summed E-state index contributed by atoms with van der Waals surface area (Å²) in [6, 6.07) is 5.00. The topological polar surface area (TPSA) is 35.9 Å². The number of likely N-dealkylation sites (tertiary alicyclic amines) is 1. The lowest BCUT2D eigenvalue weighted by molar-refractivity contribution is -0.0520. The summed E-state index contributed by atoms with van der Waals surface area (Å²) < 4.78 is 5.49. The number of rotatable bonds is 5. The van der Waals surface area contributed by atoms with Crippen LogP contribution in [0.4, 0.5) is 0 Å². The highest BCUT2D eigenvalue weighted by Gasteiger charge is 2.43. The molecule has 0 amide bonds. The standard InChI is InChI=1S/C21H34N2O2S/c1-15(2)9-18-3-4-19(26-18)14-22-12-16-10-20(21(24)11-17(16)13-22)23-5-7-25-8-6-23/h3-4,15-17,20-21,24H,5-14H2,1-2H3/t16-,17+,20-,21-/m1/s1. The third-order valence-electron chi connectivity index (χ3n) is 6.41. The Hall–Kier alpha value is -0.460. The van der Waals surface area contributed by atoms with Crippen molar-refractivity contribution in [3.8, 4) is 0 Å². The third-order valence-corrected chi connectivity index (χ3v) is 7.50. The molecule has 1 aromatic heterocycles. The number of fused-ring (bicyclic) bond motifs is 1. The molecule has 0 unspecified atom stereocenters. The Kier molecular flexibility index (Phi) is 6.01. The molecule has 3 heterocycles. The largest absolute Gasteiger partial charge is 0.391 e. The van der Waals surface area contributed by atoms with E-state index in [-0.39, 0.29) is 6.10 Å². The molecule has 1 aromatic rings. The van der Waals surface area contributed by atoms with Crippen molar-refractivity contribution in [2.75, 3.05) is 39.4 Å². The minimum absolute atomic E-state index is 0.159. The Bertz CT molecular complexity index is 584. The molecule has 2 aliphatic heterocycles. The van der Waals surface area contributed by atoms with E-state index in [0.29, 0.717) is 12.0 Å². The molecule has 4 atom stereocenters. The summed E-state index contributed by atoms with van der Waals surface area (Å²) in [5.74, 6) is 2.16. The Morgan fingerprint density at radius 1 is 1.12 bits per heavy atom. The normalized spacial score (nSPS) is 33.7. The van der Waals surface area contributed by atoms with E-state index in [0.717, 1.165) is 64.1 Å². The number of thiophene rings is 1. The van der Waals surface area contributed by atoms with Crippen LogP contribution in [0.25, 0.3) is 0 Å². The summed E-state index contributed by atoms with van der Waals surface area (Å²) in [4.78, 5) is 8.14. The summed E-state index contributed by atoms with van der Waals surface area (Å²) >= 11 is 1.99. The van der Waals surface area contributed by atoms with Crippen LogP contribution in [-0.2, 0) is 17.7 Å². The van der Waals surface area contributed by atoms with E-state index < -0.39 is 0 Å². The first-order valence-electron chi connectivity index (χ1n) is 10.4. The maximum Gasteiger partial charge on any atom is 0.0698 e. The number of nitrogens with zero attached hydrogens (tertiary/aromatic N) is 2. The number of aliphatic hydroxyl groups excluding tert-OH is 1. The van der Waals surface area contributed by atoms with Gasteiger partial charge >= 0.3 is 0 Å². The van der Waals surface area contributed by atoms with Crippen LogP contribution in [0, 0.1) is 17.8 Å². The van der Waals surface area contributed by atoms with Gasteiger partial charge in [-0.05, 0) is 49.1 Å². The van der Waals surface area contributed by atoms with Gasteiger partial charge in [0.25, 0.3) is 0 Å². The molecule has 3 fully saturated rings. The number of hydrogen-bond donors (Lipinski definition) is 1. The summed E-state index contributed by atoms with van der Waals surface area (Å²) in [5, 5.41) is 10.7. The van der Waals surface area contributed by atoms with Crippen molar-refractivity contribution in [1.29, 1.82) is 0 Å². The van der Waals surface area contributed by atoms with Gasteiger partial charge in [-0.15, -0.1) is 11.3 Å². The molecule has 0 radical (unpaired) electrons. The average Bonchev–Trinajstić information content (AvgIpc) is 3.20. The predicted molar refractivity (Wildman–Crippen MR) is 107 cm³/mol. The molecule has 1 aliphatic carbocycles. The van der Waals surface area contributed by atoms with Gasteiger partial charge in [0.2, 0.25) is 0 Å². The maximum absolute atomic E-state index is 10.7. The van der Waals surface area contributed by atoms with Crippen LogP contribution in [0.3, 0.4) is 0 Å². The average molecular weight is 379 g/mol. The van der Waals surface area contributed by atoms with Crippen LogP contribution in [0.2, 0.25) is 0 Å². The predicted octanol–water partition coefficient (Wildman–Crippen LogP) is 2.85. The Balaban J connectivity index is 1.33. The summed E-state index contributed by atoms with van der Waals surface area (Å²) in [6.45, 7) is 11.6. The zero-order valence-corrected chi connectivity index (χ0v) is 17.1. The van der Waals surface area contributed by atoms with Gasteiger partial charge in [-0.2, -0.15) is 0 Å². The van der Waals surface area contributed by atoms with Crippen molar-refractivity contribution in [2.24, 2.45) is 17.8 Å². The van der Waals surface area contributed by atoms with Crippen molar-refractivity contribution in [2.45, 2.75) is 51.8 Å². The molecule has 0 bridgehead atoms. The van der Waals surface area contributed by atoms with Crippen LogP contribution in [0.5, 0.6) is 0 Å². The van der Waals surface area contributed by atoms with Gasteiger partial charge in [0.15, 0.2) is 0 Å². The van der Waals surface area contributed by atoms with E-state index in [9.17, 15) is 5.11 Å². The van der Waals surface area contributed by atoms with Crippen molar-refractivity contribution < 1.29 is 9.84 Å². The molecule has 146 valence electrons. The number of morpholine rings is 1. The maximum atomic E-state index is 10.7. The van der Waals surface area contributed by atoms with Gasteiger partial charge in [0.1, 0.15) is 0 Å². The zero-order chi connectivity index (χ0) is 18.1. The number of aliphatic hydroxyl groups is 1. The van der Waals surface area contributed by atoms with E-state index in [4.69, 9.17) is 4.74 Å². The molecule has 5 heteroatoms. The van der Waals surface area contributed by atoms with Crippen LogP contribution < -0.4 is 0 Å². The molecule has 0 spiro atoms.